The van der Waals surface area contributed by atoms with Crippen molar-refractivity contribution in [1.29, 1.82) is 0 Å². The zero-order chi connectivity index (χ0) is 20.1. The molecular weight excluding hydrogens is 442 g/mol. The van der Waals surface area contributed by atoms with Crippen molar-refractivity contribution in [2.24, 2.45) is 0 Å². The van der Waals surface area contributed by atoms with Crippen LogP contribution in [0.4, 0.5) is 5.69 Å². The van der Waals surface area contributed by atoms with Gasteiger partial charge in [-0.25, -0.2) is 14.4 Å². The maximum Gasteiger partial charge on any atom is 0.355 e. The van der Waals surface area contributed by atoms with Crippen molar-refractivity contribution in [1.82, 2.24) is 0 Å². The highest BCUT2D eigenvalue weighted by molar-refractivity contribution is 9.10. The molecule has 1 heterocycles. The summed E-state index contributed by atoms with van der Waals surface area (Å²) in [5, 5.41) is 0.278. The smallest absolute Gasteiger partial charge is 0.355 e. The summed E-state index contributed by atoms with van der Waals surface area (Å²) in [4.78, 5) is 38.4. The monoisotopic (exact) mass is 455 g/mol. The molecular formula is C18H15BrClNO6. The standard InChI is InChI=1S/C18H15BrClNO6/c1-25-16(22)11-6-4-5-7-21(15(11)18(24)27-3)14-12(17(23)26-2)8-10(20)9-13(14)19/h4-9H,1-3H3. The van der Waals surface area contributed by atoms with Gasteiger partial charge in [0.05, 0.1) is 38.2 Å². The summed E-state index contributed by atoms with van der Waals surface area (Å²) >= 11 is 9.41. The predicted octanol–water partition coefficient (Wildman–Crippen LogP) is 3.38. The zero-order valence-electron chi connectivity index (χ0n) is 14.6. The van der Waals surface area contributed by atoms with Crippen molar-refractivity contribution in [2.45, 2.75) is 0 Å². The third kappa shape index (κ3) is 4.23. The number of methoxy groups -OCH3 is 3. The van der Waals surface area contributed by atoms with Crippen molar-refractivity contribution in [2.75, 3.05) is 26.2 Å². The second-order valence-electron chi connectivity index (χ2n) is 5.09. The fourth-order valence-corrected chi connectivity index (χ4v) is 3.41. The Labute approximate surface area is 168 Å². The first-order valence-electron chi connectivity index (χ1n) is 7.48. The van der Waals surface area contributed by atoms with Crippen molar-refractivity contribution >= 4 is 51.1 Å². The normalized spacial score (nSPS) is 13.3. The number of hydrogen-bond donors (Lipinski definition) is 0. The van der Waals surface area contributed by atoms with Crippen LogP contribution >= 0.6 is 27.5 Å². The van der Waals surface area contributed by atoms with Crippen LogP contribution in [0.25, 0.3) is 0 Å². The summed E-state index contributed by atoms with van der Waals surface area (Å²) in [6.07, 6.45) is 6.05. The average molecular weight is 457 g/mol. The van der Waals surface area contributed by atoms with Gasteiger partial charge in [-0.15, -0.1) is 0 Å². The summed E-state index contributed by atoms with van der Waals surface area (Å²) in [5.74, 6) is -2.23. The van der Waals surface area contributed by atoms with E-state index >= 15 is 0 Å². The molecule has 0 saturated heterocycles. The Bertz CT molecular complexity index is 890. The summed E-state index contributed by atoms with van der Waals surface area (Å²) in [7, 11) is 3.59. The Hall–Kier alpha value is -2.58. The first kappa shape index (κ1) is 20.7. The highest BCUT2D eigenvalue weighted by Crippen LogP contribution is 2.38. The third-order valence-electron chi connectivity index (χ3n) is 3.56. The van der Waals surface area contributed by atoms with Crippen LogP contribution in [0, 0.1) is 0 Å². The van der Waals surface area contributed by atoms with Crippen LogP contribution < -0.4 is 4.90 Å². The van der Waals surface area contributed by atoms with E-state index in [2.05, 4.69) is 15.9 Å². The van der Waals surface area contributed by atoms with E-state index in [1.165, 1.54) is 44.6 Å². The van der Waals surface area contributed by atoms with E-state index in [9.17, 15) is 14.4 Å². The molecule has 1 aromatic rings. The Morgan fingerprint density at radius 1 is 0.963 bits per heavy atom. The molecule has 0 aromatic heterocycles. The van der Waals surface area contributed by atoms with E-state index in [0.717, 1.165) is 0 Å². The van der Waals surface area contributed by atoms with Crippen molar-refractivity contribution in [3.63, 3.8) is 0 Å². The zero-order valence-corrected chi connectivity index (χ0v) is 17.0. The SMILES string of the molecule is COC(=O)C1=C(C(=O)OC)N(c2c(Br)cc(Cl)cc2C(=O)OC)C=CC=C1. The van der Waals surface area contributed by atoms with E-state index in [0.29, 0.717) is 4.47 Å². The second kappa shape index (κ2) is 8.88. The fraction of sp³-hybridized carbons (Fsp3) is 0.167. The molecule has 0 spiro atoms. The van der Waals surface area contributed by atoms with E-state index in [4.69, 9.17) is 25.8 Å². The third-order valence-corrected chi connectivity index (χ3v) is 4.39. The topological polar surface area (TPSA) is 82.1 Å². The number of carbonyl (C=O) groups is 3. The van der Waals surface area contributed by atoms with Gasteiger partial charge >= 0.3 is 17.9 Å². The Morgan fingerprint density at radius 2 is 1.59 bits per heavy atom. The van der Waals surface area contributed by atoms with Crippen LogP contribution in [0.3, 0.4) is 0 Å². The Kier molecular flexibility index (Phi) is 6.81. The van der Waals surface area contributed by atoms with E-state index < -0.39 is 17.9 Å². The van der Waals surface area contributed by atoms with Gasteiger partial charge in [0.25, 0.3) is 0 Å². The lowest BCUT2D eigenvalue weighted by molar-refractivity contribution is -0.139. The molecule has 1 aliphatic rings. The molecule has 7 nitrogen and oxygen atoms in total. The molecule has 2 rings (SSSR count). The molecule has 27 heavy (non-hydrogen) atoms. The molecule has 0 saturated carbocycles. The first-order chi connectivity index (χ1) is 12.8. The number of hydrogen-bond acceptors (Lipinski definition) is 7. The molecule has 0 amide bonds. The highest BCUT2D eigenvalue weighted by atomic mass is 79.9. The Morgan fingerprint density at radius 3 is 2.19 bits per heavy atom. The molecule has 0 radical (unpaired) electrons. The molecule has 1 aromatic carbocycles. The van der Waals surface area contributed by atoms with Crippen molar-refractivity contribution in [3.8, 4) is 0 Å². The minimum Gasteiger partial charge on any atom is -0.465 e. The molecule has 0 fully saturated rings. The van der Waals surface area contributed by atoms with E-state index in [1.807, 2.05) is 0 Å². The minimum atomic E-state index is -0.802. The number of nitrogens with zero attached hydrogens (tertiary/aromatic N) is 1. The number of rotatable bonds is 4. The first-order valence-corrected chi connectivity index (χ1v) is 8.65. The fourth-order valence-electron chi connectivity index (χ4n) is 2.41. The number of ether oxygens (including phenoxy) is 3. The lowest BCUT2D eigenvalue weighted by atomic mass is 10.1. The van der Waals surface area contributed by atoms with Crippen molar-refractivity contribution < 1.29 is 28.6 Å². The molecule has 0 N–H and O–H groups in total. The molecule has 0 bridgehead atoms. The molecule has 142 valence electrons. The molecule has 0 aliphatic carbocycles. The van der Waals surface area contributed by atoms with Gasteiger partial charge in [-0.05, 0) is 40.2 Å². The van der Waals surface area contributed by atoms with Gasteiger partial charge in [0.15, 0.2) is 0 Å². The maximum atomic E-state index is 12.5. The summed E-state index contributed by atoms with van der Waals surface area (Å²) in [6, 6.07) is 2.94. The number of halogens is 2. The van der Waals surface area contributed by atoms with Crippen LogP contribution in [-0.2, 0) is 23.8 Å². The minimum absolute atomic E-state index is 0.0491. The van der Waals surface area contributed by atoms with E-state index in [-0.39, 0.29) is 27.5 Å². The van der Waals surface area contributed by atoms with Crippen molar-refractivity contribution in [3.05, 3.63) is 62.9 Å². The van der Waals surface area contributed by atoms with Crippen LogP contribution in [0.2, 0.25) is 5.02 Å². The largest absolute Gasteiger partial charge is 0.465 e. The molecule has 0 unspecified atom stereocenters. The summed E-state index contributed by atoms with van der Waals surface area (Å²) < 4.78 is 14.8. The van der Waals surface area contributed by atoms with E-state index in [1.54, 1.807) is 18.2 Å². The second-order valence-corrected chi connectivity index (χ2v) is 6.38. The van der Waals surface area contributed by atoms with Crippen LogP contribution in [-0.4, -0.2) is 39.2 Å². The maximum absolute atomic E-state index is 12.5. The lowest BCUT2D eigenvalue weighted by Crippen LogP contribution is -2.28. The summed E-state index contributed by atoms with van der Waals surface area (Å²) in [5.41, 5.74) is 0.136. The molecule has 1 aliphatic heterocycles. The van der Waals surface area contributed by atoms with Gasteiger partial charge in [-0.3, -0.25) is 0 Å². The average Bonchev–Trinajstić information content (AvgIpc) is 2.88. The van der Waals surface area contributed by atoms with Gasteiger partial charge in [-0.2, -0.15) is 0 Å². The highest BCUT2D eigenvalue weighted by Gasteiger charge is 2.31. The Balaban J connectivity index is 2.84. The predicted molar refractivity (Wildman–Crippen MR) is 102 cm³/mol. The van der Waals surface area contributed by atoms with Gasteiger partial charge in [-0.1, -0.05) is 17.7 Å². The number of anilines is 1. The number of benzene rings is 1. The van der Waals surface area contributed by atoms with Gasteiger partial charge < -0.3 is 19.1 Å². The lowest BCUT2D eigenvalue weighted by Gasteiger charge is -2.26. The number of allylic oxidation sites excluding steroid dienone is 2. The van der Waals surface area contributed by atoms with Gasteiger partial charge in [0, 0.05) is 15.7 Å². The quantitative estimate of drug-likeness (QED) is 0.507. The number of carbonyl (C=O) groups excluding carboxylic acids is 3. The van der Waals surface area contributed by atoms with Crippen LogP contribution in [0.1, 0.15) is 10.4 Å². The number of esters is 3. The molecule has 9 heteroatoms. The van der Waals surface area contributed by atoms with Crippen LogP contribution in [0.15, 0.2) is 52.3 Å². The van der Waals surface area contributed by atoms with Crippen LogP contribution in [0.5, 0.6) is 0 Å². The molecule has 0 atom stereocenters. The van der Waals surface area contributed by atoms with Gasteiger partial charge in [0.2, 0.25) is 0 Å². The summed E-state index contributed by atoms with van der Waals surface area (Å²) in [6.45, 7) is 0. The van der Waals surface area contributed by atoms with Gasteiger partial charge in [0.1, 0.15) is 5.70 Å².